The predicted molar refractivity (Wildman–Crippen MR) is 135 cm³/mol. The first-order valence-electron chi connectivity index (χ1n) is 11.5. The van der Waals surface area contributed by atoms with Crippen molar-refractivity contribution in [3.63, 3.8) is 0 Å². The van der Waals surface area contributed by atoms with Crippen LogP contribution in [-0.2, 0) is 13.0 Å². The Morgan fingerprint density at radius 1 is 0.969 bits per heavy atom. The van der Waals surface area contributed by atoms with Crippen LogP contribution in [0.4, 0.5) is 5.82 Å². The molecule has 5 rings (SSSR count). The zero-order chi connectivity index (χ0) is 22.2. The highest BCUT2D eigenvalue weighted by Crippen LogP contribution is 2.30. The largest absolute Gasteiger partial charge is 0.353 e. The van der Waals surface area contributed by atoms with Crippen molar-refractivity contribution in [3.8, 4) is 0 Å². The fourth-order valence-electron chi connectivity index (χ4n) is 4.83. The van der Waals surface area contributed by atoms with Gasteiger partial charge < -0.3 is 9.47 Å². The molecule has 4 aromatic rings. The van der Waals surface area contributed by atoms with Gasteiger partial charge in [-0.25, -0.2) is 0 Å². The molecule has 0 bridgehead atoms. The van der Waals surface area contributed by atoms with Crippen LogP contribution in [-0.4, -0.2) is 46.6 Å². The van der Waals surface area contributed by atoms with E-state index < -0.39 is 0 Å². The highest BCUT2D eigenvalue weighted by atomic mass is 32.1. The Kier molecular flexibility index (Phi) is 5.74. The summed E-state index contributed by atoms with van der Waals surface area (Å²) in [6.45, 7) is 12.0. The van der Waals surface area contributed by atoms with Crippen LogP contribution in [0.3, 0.4) is 0 Å². The van der Waals surface area contributed by atoms with E-state index in [9.17, 15) is 4.79 Å². The molecular formula is C26H30N4OS. The van der Waals surface area contributed by atoms with Crippen LogP contribution in [0.2, 0.25) is 0 Å². The van der Waals surface area contributed by atoms with Crippen molar-refractivity contribution in [2.75, 3.05) is 37.6 Å². The smallest absolute Gasteiger partial charge is 0.254 e. The van der Waals surface area contributed by atoms with Crippen LogP contribution in [0.1, 0.15) is 23.6 Å². The normalized spacial score (nSPS) is 15.2. The second kappa shape index (κ2) is 8.68. The Morgan fingerprint density at radius 3 is 2.53 bits per heavy atom. The highest BCUT2D eigenvalue weighted by Gasteiger charge is 2.20. The molecule has 6 heteroatoms. The van der Waals surface area contributed by atoms with Crippen LogP contribution >= 0.6 is 11.5 Å². The first-order chi connectivity index (χ1) is 15.6. The molecule has 166 valence electrons. The fourth-order valence-corrected chi connectivity index (χ4v) is 5.63. The Labute approximate surface area is 193 Å². The second-order valence-corrected chi connectivity index (χ2v) is 9.54. The number of pyridine rings is 1. The van der Waals surface area contributed by atoms with Crippen LogP contribution in [0.5, 0.6) is 0 Å². The zero-order valence-corrected chi connectivity index (χ0v) is 19.9. The molecule has 5 nitrogen and oxygen atoms in total. The zero-order valence-electron chi connectivity index (χ0n) is 19.1. The van der Waals surface area contributed by atoms with Crippen LogP contribution < -0.4 is 10.5 Å². The molecule has 2 aromatic heterocycles. The van der Waals surface area contributed by atoms with Crippen molar-refractivity contribution in [3.05, 3.63) is 69.5 Å². The van der Waals surface area contributed by atoms with E-state index in [1.807, 2.05) is 18.4 Å². The van der Waals surface area contributed by atoms with E-state index in [0.29, 0.717) is 6.54 Å². The molecule has 0 amide bonds. The predicted octanol–water partition coefficient (Wildman–Crippen LogP) is 4.61. The molecule has 0 unspecified atom stereocenters. The minimum atomic E-state index is 0.135. The minimum absolute atomic E-state index is 0.135. The molecule has 32 heavy (non-hydrogen) atoms. The second-order valence-electron chi connectivity index (χ2n) is 8.73. The van der Waals surface area contributed by atoms with Crippen LogP contribution in [0.25, 0.3) is 21.0 Å². The third-order valence-electron chi connectivity index (χ3n) is 6.95. The van der Waals surface area contributed by atoms with Gasteiger partial charge in [0.15, 0.2) is 0 Å². The summed E-state index contributed by atoms with van der Waals surface area (Å²) in [4.78, 5) is 17.6. The Balaban J connectivity index is 1.26. The molecule has 0 N–H and O–H groups in total. The van der Waals surface area contributed by atoms with E-state index in [2.05, 4.69) is 59.2 Å². The Hall–Kier alpha value is -2.70. The molecule has 0 radical (unpaired) electrons. The van der Waals surface area contributed by atoms with Gasteiger partial charge in [0.25, 0.3) is 5.56 Å². The number of nitrogens with zero attached hydrogens (tertiary/aromatic N) is 4. The summed E-state index contributed by atoms with van der Waals surface area (Å²) < 4.78 is 7.88. The van der Waals surface area contributed by atoms with E-state index >= 15 is 0 Å². The lowest BCUT2D eigenvalue weighted by molar-refractivity contribution is 0.261. The molecule has 1 fully saturated rings. The Bertz CT molecular complexity index is 1330. The van der Waals surface area contributed by atoms with Crippen molar-refractivity contribution in [2.45, 2.75) is 33.7 Å². The summed E-state index contributed by atoms with van der Waals surface area (Å²) in [5, 5.41) is 2.49. The van der Waals surface area contributed by atoms with Gasteiger partial charge in [-0.3, -0.25) is 9.69 Å². The van der Waals surface area contributed by atoms with E-state index in [4.69, 9.17) is 4.37 Å². The van der Waals surface area contributed by atoms with E-state index in [1.54, 1.807) is 11.5 Å². The monoisotopic (exact) mass is 446 g/mol. The number of anilines is 1. The summed E-state index contributed by atoms with van der Waals surface area (Å²) >= 11 is 1.60. The van der Waals surface area contributed by atoms with Gasteiger partial charge in [-0.05, 0) is 74.1 Å². The van der Waals surface area contributed by atoms with Gasteiger partial charge in [0.2, 0.25) is 0 Å². The molecular weight excluding hydrogens is 416 g/mol. The third-order valence-corrected chi connectivity index (χ3v) is 7.76. The standard InChI is InChI=1S/C26H30N4OS/c1-4-30-23-10-9-20(17-22(23)18(2)19(3)26(30)31)11-12-28-13-15-29(16-14-28)25-21-7-5-6-8-24(21)32-27-25/h5-10,17H,4,11-16H2,1-3H3. The molecule has 0 saturated carbocycles. The molecule has 0 aliphatic carbocycles. The van der Waals surface area contributed by atoms with Gasteiger partial charge in [-0.15, -0.1) is 0 Å². The molecule has 1 aliphatic rings. The lowest BCUT2D eigenvalue weighted by atomic mass is 10.0. The molecule has 0 atom stereocenters. The maximum atomic E-state index is 12.6. The quantitative estimate of drug-likeness (QED) is 0.449. The summed E-state index contributed by atoms with van der Waals surface area (Å²) in [5.41, 5.74) is 4.50. The fraction of sp³-hybridized carbons (Fsp3) is 0.385. The topological polar surface area (TPSA) is 41.4 Å². The maximum absolute atomic E-state index is 12.6. The van der Waals surface area contributed by atoms with E-state index in [1.165, 1.54) is 21.0 Å². The number of benzene rings is 2. The van der Waals surface area contributed by atoms with Crippen molar-refractivity contribution >= 4 is 38.3 Å². The number of hydrogen-bond acceptors (Lipinski definition) is 5. The first kappa shape index (κ1) is 21.2. The average molecular weight is 447 g/mol. The SMILES string of the molecule is CCn1c(=O)c(C)c(C)c2cc(CCN3CCN(c4nsc5ccccc45)CC3)ccc21. The van der Waals surface area contributed by atoms with Gasteiger partial charge in [-0.1, -0.05) is 18.2 Å². The van der Waals surface area contributed by atoms with Crippen molar-refractivity contribution in [2.24, 2.45) is 0 Å². The van der Waals surface area contributed by atoms with Gasteiger partial charge in [0, 0.05) is 55.6 Å². The van der Waals surface area contributed by atoms with Crippen molar-refractivity contribution < 1.29 is 0 Å². The maximum Gasteiger partial charge on any atom is 0.254 e. The number of aryl methyl sites for hydroxylation is 2. The summed E-state index contributed by atoms with van der Waals surface area (Å²) in [5.74, 6) is 1.15. The van der Waals surface area contributed by atoms with E-state index in [-0.39, 0.29) is 5.56 Å². The van der Waals surface area contributed by atoms with Gasteiger partial charge in [0.05, 0.1) is 10.2 Å². The average Bonchev–Trinajstić information content (AvgIpc) is 3.26. The molecule has 1 saturated heterocycles. The summed E-state index contributed by atoms with van der Waals surface area (Å²) in [7, 11) is 0. The molecule has 1 aliphatic heterocycles. The van der Waals surface area contributed by atoms with E-state index in [0.717, 1.165) is 61.6 Å². The van der Waals surface area contributed by atoms with Crippen molar-refractivity contribution in [1.29, 1.82) is 0 Å². The molecule has 0 spiro atoms. The highest BCUT2D eigenvalue weighted by molar-refractivity contribution is 7.13. The number of aromatic nitrogens is 2. The van der Waals surface area contributed by atoms with Crippen LogP contribution in [0.15, 0.2) is 47.3 Å². The third kappa shape index (κ3) is 3.71. The lowest BCUT2D eigenvalue weighted by Crippen LogP contribution is -2.47. The number of piperazine rings is 1. The Morgan fingerprint density at radius 2 is 1.75 bits per heavy atom. The van der Waals surface area contributed by atoms with Gasteiger partial charge >= 0.3 is 0 Å². The number of rotatable bonds is 5. The molecule has 3 heterocycles. The first-order valence-corrected chi connectivity index (χ1v) is 12.3. The van der Waals surface area contributed by atoms with Gasteiger partial charge in [0.1, 0.15) is 5.82 Å². The summed E-state index contributed by atoms with van der Waals surface area (Å²) in [6.07, 6.45) is 1.03. The lowest BCUT2D eigenvalue weighted by Gasteiger charge is -2.35. The number of fused-ring (bicyclic) bond motifs is 2. The van der Waals surface area contributed by atoms with Gasteiger partial charge in [-0.2, -0.15) is 4.37 Å². The van der Waals surface area contributed by atoms with Crippen LogP contribution in [0, 0.1) is 13.8 Å². The molecule has 2 aromatic carbocycles. The minimum Gasteiger partial charge on any atom is -0.353 e. The number of hydrogen-bond donors (Lipinski definition) is 0. The van der Waals surface area contributed by atoms with Crippen molar-refractivity contribution in [1.82, 2.24) is 13.8 Å². The summed E-state index contributed by atoms with van der Waals surface area (Å²) in [6, 6.07) is 15.1.